The summed E-state index contributed by atoms with van der Waals surface area (Å²) in [5.74, 6) is -0.303. The summed E-state index contributed by atoms with van der Waals surface area (Å²) >= 11 is 0. The average Bonchev–Trinajstić information content (AvgIpc) is 2.45. The second-order valence-corrected chi connectivity index (χ2v) is 3.44. The predicted molar refractivity (Wildman–Crippen MR) is 46.6 cm³/mol. The number of alkyl halides is 1. The summed E-state index contributed by atoms with van der Waals surface area (Å²) in [5, 5.41) is 10.5. The van der Waals surface area contributed by atoms with Crippen molar-refractivity contribution in [3.63, 3.8) is 0 Å². The van der Waals surface area contributed by atoms with E-state index in [9.17, 15) is 19.3 Å². The summed E-state index contributed by atoms with van der Waals surface area (Å²) in [6.07, 6.45) is -0.886. The first kappa shape index (κ1) is 11.2. The molecule has 2 N–H and O–H groups in total. The molecule has 7 nitrogen and oxygen atoms in total. The molecule has 0 aromatic carbocycles. The van der Waals surface area contributed by atoms with Crippen LogP contribution in [0.5, 0.6) is 0 Å². The van der Waals surface area contributed by atoms with E-state index in [2.05, 4.69) is 4.74 Å². The highest BCUT2D eigenvalue weighted by molar-refractivity contribution is 5.73. The molecule has 15 heavy (non-hydrogen) atoms. The molecule has 1 aliphatic heterocycles. The first-order valence-corrected chi connectivity index (χ1v) is 4.02. The van der Waals surface area contributed by atoms with Crippen molar-refractivity contribution in [3.05, 3.63) is 22.1 Å². The van der Waals surface area contributed by atoms with E-state index in [-0.39, 0.29) is 5.76 Å². The van der Waals surface area contributed by atoms with E-state index in [0.717, 1.165) is 20.0 Å². The smallest absolute Gasteiger partial charge is 0.412 e. The van der Waals surface area contributed by atoms with Crippen LogP contribution in [0.1, 0.15) is 13.8 Å². The van der Waals surface area contributed by atoms with Crippen LogP contribution < -0.4 is 5.73 Å². The van der Waals surface area contributed by atoms with Gasteiger partial charge in [-0.1, -0.05) is 0 Å². The van der Waals surface area contributed by atoms with Gasteiger partial charge in [0, 0.05) is 0 Å². The van der Waals surface area contributed by atoms with Crippen LogP contribution in [-0.4, -0.2) is 27.9 Å². The van der Waals surface area contributed by atoms with Gasteiger partial charge >= 0.3 is 12.4 Å². The number of ether oxygens (including phenoxy) is 1. The molecule has 8 heteroatoms. The molecular formula is C7H10FN3O4. The number of halogens is 1. The second kappa shape index (κ2) is 3.37. The third kappa shape index (κ3) is 2.14. The Kier molecular flexibility index (Phi) is 2.52. The fourth-order valence-corrected chi connectivity index (χ4v) is 1.00. The Labute approximate surface area is 84.4 Å². The molecule has 1 unspecified atom stereocenters. The van der Waals surface area contributed by atoms with Crippen molar-refractivity contribution in [3.8, 4) is 0 Å². The Bertz CT molecular complexity index is 336. The number of rotatable bonds is 2. The number of allylic oxidation sites excluding steroid dienone is 1. The topological polar surface area (TPSA) is 98.7 Å². The molecule has 1 atom stereocenters. The fraction of sp³-hybridized carbons (Fsp3) is 0.571. The molecule has 0 saturated heterocycles. The molecule has 0 fully saturated rings. The number of nitrogens with zero attached hydrogens (tertiary/aromatic N) is 2. The van der Waals surface area contributed by atoms with Gasteiger partial charge in [-0.15, -0.1) is 0 Å². The second-order valence-electron chi connectivity index (χ2n) is 3.44. The number of nitro groups is 1. The minimum atomic E-state index is -1.90. The zero-order valence-corrected chi connectivity index (χ0v) is 8.14. The van der Waals surface area contributed by atoms with Crippen molar-refractivity contribution in [2.45, 2.75) is 25.9 Å². The Morgan fingerprint density at radius 3 is 2.60 bits per heavy atom. The number of urea groups is 1. The van der Waals surface area contributed by atoms with Crippen LogP contribution >= 0.6 is 0 Å². The lowest BCUT2D eigenvalue weighted by molar-refractivity contribution is -0.588. The van der Waals surface area contributed by atoms with Crippen LogP contribution in [0.3, 0.4) is 0 Å². The standard InChI is InChI=1S/C7H10FN3O4/c1-7(2,8)4-3-10(5(9)12)6(15-4)11(13)14/h3,6H,1-2H3,(H2,9,12). The lowest BCUT2D eigenvalue weighted by Crippen LogP contribution is -2.42. The lowest BCUT2D eigenvalue weighted by Gasteiger charge is -2.15. The predicted octanol–water partition coefficient (Wildman–Crippen LogP) is 0.547. The Morgan fingerprint density at radius 2 is 2.33 bits per heavy atom. The third-order valence-electron chi connectivity index (χ3n) is 1.75. The lowest BCUT2D eigenvalue weighted by atomic mass is 10.1. The largest absolute Gasteiger partial charge is 0.448 e. The van der Waals surface area contributed by atoms with Crippen molar-refractivity contribution in [1.29, 1.82) is 0 Å². The maximum absolute atomic E-state index is 13.4. The molecule has 0 spiro atoms. The highest BCUT2D eigenvalue weighted by atomic mass is 19.1. The van der Waals surface area contributed by atoms with Gasteiger partial charge in [-0.3, -0.25) is 10.1 Å². The number of primary amides is 1. The molecule has 0 bridgehead atoms. The van der Waals surface area contributed by atoms with E-state index in [1.807, 2.05) is 0 Å². The molecule has 0 saturated carbocycles. The number of nitrogens with two attached hydrogens (primary N) is 1. The van der Waals surface area contributed by atoms with Crippen LogP contribution in [0.2, 0.25) is 0 Å². The van der Waals surface area contributed by atoms with E-state index in [4.69, 9.17) is 5.73 Å². The Morgan fingerprint density at radius 1 is 1.80 bits per heavy atom. The van der Waals surface area contributed by atoms with Gasteiger partial charge in [0.25, 0.3) is 0 Å². The van der Waals surface area contributed by atoms with Gasteiger partial charge in [0.15, 0.2) is 11.4 Å². The first-order chi connectivity index (χ1) is 6.73. The third-order valence-corrected chi connectivity index (χ3v) is 1.75. The molecule has 2 amide bonds. The van der Waals surface area contributed by atoms with E-state index in [1.54, 1.807) is 0 Å². The summed E-state index contributed by atoms with van der Waals surface area (Å²) in [6, 6.07) is -1.07. The quantitative estimate of drug-likeness (QED) is 0.541. The summed E-state index contributed by atoms with van der Waals surface area (Å²) in [5.41, 5.74) is 2.96. The Hall–Kier alpha value is -1.86. The van der Waals surface area contributed by atoms with Gasteiger partial charge in [-0.2, -0.15) is 4.90 Å². The minimum absolute atomic E-state index is 0.303. The molecule has 0 aromatic heterocycles. The van der Waals surface area contributed by atoms with E-state index in [0.29, 0.717) is 4.90 Å². The van der Waals surface area contributed by atoms with Crippen LogP contribution in [-0.2, 0) is 4.74 Å². The van der Waals surface area contributed by atoms with Crippen LogP contribution in [0, 0.1) is 10.1 Å². The highest BCUT2D eigenvalue weighted by Crippen LogP contribution is 2.29. The van der Waals surface area contributed by atoms with Crippen molar-refractivity contribution in [2.75, 3.05) is 0 Å². The number of hydrogen-bond donors (Lipinski definition) is 1. The summed E-state index contributed by atoms with van der Waals surface area (Å²) in [4.78, 5) is 20.9. The zero-order valence-electron chi connectivity index (χ0n) is 8.14. The van der Waals surface area contributed by atoms with E-state index < -0.39 is 23.0 Å². The minimum Gasteiger partial charge on any atom is -0.412 e. The molecule has 0 aromatic rings. The number of amides is 2. The highest BCUT2D eigenvalue weighted by Gasteiger charge is 2.43. The van der Waals surface area contributed by atoms with Crippen LogP contribution in [0.15, 0.2) is 12.0 Å². The zero-order chi connectivity index (χ0) is 11.8. The van der Waals surface area contributed by atoms with Crippen molar-refractivity contribution in [1.82, 2.24) is 4.90 Å². The van der Waals surface area contributed by atoms with Crippen molar-refractivity contribution >= 4 is 6.03 Å². The summed E-state index contributed by atoms with van der Waals surface area (Å²) in [6.45, 7) is 2.31. The van der Waals surface area contributed by atoms with Crippen molar-refractivity contribution in [2.24, 2.45) is 5.73 Å². The first-order valence-electron chi connectivity index (χ1n) is 4.02. The molecule has 1 rings (SSSR count). The normalized spacial score (nSPS) is 20.9. The van der Waals surface area contributed by atoms with Crippen LogP contribution in [0.4, 0.5) is 9.18 Å². The molecule has 1 aliphatic rings. The van der Waals surface area contributed by atoms with Gasteiger partial charge in [-0.25, -0.2) is 9.18 Å². The molecule has 0 aliphatic carbocycles. The fourth-order valence-electron chi connectivity index (χ4n) is 1.00. The molecule has 1 heterocycles. The van der Waals surface area contributed by atoms with Gasteiger partial charge in [-0.05, 0) is 13.8 Å². The van der Waals surface area contributed by atoms with Crippen LogP contribution in [0.25, 0.3) is 0 Å². The van der Waals surface area contributed by atoms with E-state index in [1.165, 1.54) is 0 Å². The molecule has 0 radical (unpaired) electrons. The van der Waals surface area contributed by atoms with Gasteiger partial charge in [0.1, 0.15) is 0 Å². The van der Waals surface area contributed by atoms with Gasteiger partial charge in [0.2, 0.25) is 0 Å². The van der Waals surface area contributed by atoms with Gasteiger partial charge in [0.05, 0.1) is 11.1 Å². The monoisotopic (exact) mass is 219 g/mol. The molecule has 84 valence electrons. The van der Waals surface area contributed by atoms with E-state index >= 15 is 0 Å². The number of hydrogen-bond acceptors (Lipinski definition) is 4. The van der Waals surface area contributed by atoms with Crippen molar-refractivity contribution < 1.29 is 18.8 Å². The summed E-state index contributed by atoms with van der Waals surface area (Å²) < 4.78 is 18.0. The average molecular weight is 219 g/mol. The maximum atomic E-state index is 13.4. The summed E-state index contributed by atoms with van der Waals surface area (Å²) in [7, 11) is 0. The maximum Gasteiger partial charge on any atom is 0.448 e. The molecular weight excluding hydrogens is 209 g/mol. The number of carbonyl (C=O) groups excluding carboxylic acids is 1. The Balaban J connectivity index is 2.96. The SMILES string of the molecule is CC(C)(F)C1=CN(C(N)=O)C([N+](=O)[O-])O1. The van der Waals surface area contributed by atoms with Gasteiger partial charge < -0.3 is 10.5 Å². The number of carbonyl (C=O) groups is 1.